The zero-order chi connectivity index (χ0) is 18.1. The molecule has 0 aliphatic carbocycles. The third kappa shape index (κ3) is 3.30. The second-order valence-electron chi connectivity index (χ2n) is 6.80. The summed E-state index contributed by atoms with van der Waals surface area (Å²) in [5.41, 5.74) is 0.305. The number of rotatable bonds is 3. The highest BCUT2D eigenvalue weighted by Gasteiger charge is 2.48. The van der Waals surface area contributed by atoms with Crippen LogP contribution in [-0.4, -0.2) is 72.5 Å². The minimum atomic E-state index is -0.609. The Hall–Kier alpha value is -2.22. The third-order valence-electron chi connectivity index (χ3n) is 4.95. The first-order valence-corrected chi connectivity index (χ1v) is 8.49. The van der Waals surface area contributed by atoms with Crippen LogP contribution in [0.4, 0.5) is 5.82 Å². The minimum Gasteiger partial charge on any atom is -0.467 e. The number of fused-ring (bicyclic) bond motifs is 1. The molecule has 0 aromatic carbocycles. The first-order valence-electron chi connectivity index (χ1n) is 8.49. The molecule has 2 saturated heterocycles. The van der Waals surface area contributed by atoms with Crippen molar-refractivity contribution in [1.29, 1.82) is 0 Å². The standard InChI is InChI=1S/C17H24N4O4/c1-10-5-7-13-12(9-14(25-13)17(23)24-4)21(10)16(22)11-6-8-15(19-18-11)20(2)3/h6,8,10,12-14H,5,7,9H2,1-4H3/t10-,12+,13-,14-/m0/s1. The average Bonchev–Trinajstić information content (AvgIpc) is 3.04. The molecule has 8 nitrogen and oxygen atoms in total. The topological polar surface area (TPSA) is 84.9 Å². The maximum absolute atomic E-state index is 13.0. The van der Waals surface area contributed by atoms with Gasteiger partial charge in [-0.3, -0.25) is 4.79 Å². The number of aromatic nitrogens is 2. The molecule has 1 aromatic rings. The predicted octanol–water partition coefficient (Wildman–Crippen LogP) is 0.866. The van der Waals surface area contributed by atoms with Gasteiger partial charge in [0.1, 0.15) is 0 Å². The molecule has 0 radical (unpaired) electrons. The lowest BCUT2D eigenvalue weighted by Gasteiger charge is -2.41. The van der Waals surface area contributed by atoms with E-state index in [0.29, 0.717) is 17.9 Å². The summed E-state index contributed by atoms with van der Waals surface area (Å²) in [5.74, 6) is 0.134. The Morgan fingerprint density at radius 2 is 2.04 bits per heavy atom. The number of ether oxygens (including phenoxy) is 2. The molecule has 8 heteroatoms. The normalized spacial score (nSPS) is 28.4. The smallest absolute Gasteiger partial charge is 0.335 e. The molecule has 0 N–H and O–H groups in total. The molecule has 136 valence electrons. The Morgan fingerprint density at radius 3 is 2.64 bits per heavy atom. The van der Waals surface area contributed by atoms with Crippen LogP contribution >= 0.6 is 0 Å². The van der Waals surface area contributed by atoms with Crippen molar-refractivity contribution in [2.45, 2.75) is 50.5 Å². The molecule has 2 aliphatic rings. The Bertz CT molecular complexity index is 649. The number of methoxy groups -OCH3 is 1. The van der Waals surface area contributed by atoms with E-state index in [1.807, 2.05) is 25.9 Å². The van der Waals surface area contributed by atoms with Crippen molar-refractivity contribution in [3.63, 3.8) is 0 Å². The van der Waals surface area contributed by atoms with Gasteiger partial charge in [0.15, 0.2) is 17.6 Å². The van der Waals surface area contributed by atoms with Crippen LogP contribution in [0, 0.1) is 0 Å². The van der Waals surface area contributed by atoms with E-state index in [9.17, 15) is 9.59 Å². The van der Waals surface area contributed by atoms with Crippen LogP contribution in [-0.2, 0) is 14.3 Å². The van der Waals surface area contributed by atoms with Crippen molar-refractivity contribution in [1.82, 2.24) is 15.1 Å². The molecule has 25 heavy (non-hydrogen) atoms. The van der Waals surface area contributed by atoms with E-state index < -0.39 is 6.10 Å². The second-order valence-corrected chi connectivity index (χ2v) is 6.80. The number of anilines is 1. The highest BCUT2D eigenvalue weighted by molar-refractivity contribution is 5.93. The first-order chi connectivity index (χ1) is 11.9. The average molecular weight is 348 g/mol. The fourth-order valence-electron chi connectivity index (χ4n) is 3.60. The summed E-state index contributed by atoms with van der Waals surface area (Å²) in [6.45, 7) is 2.02. The number of esters is 1. The summed E-state index contributed by atoms with van der Waals surface area (Å²) in [5, 5.41) is 8.16. The van der Waals surface area contributed by atoms with Crippen molar-refractivity contribution in [2.24, 2.45) is 0 Å². The van der Waals surface area contributed by atoms with Crippen LogP contribution in [0.3, 0.4) is 0 Å². The molecular weight excluding hydrogens is 324 g/mol. The third-order valence-corrected chi connectivity index (χ3v) is 4.95. The lowest BCUT2D eigenvalue weighted by molar-refractivity contribution is -0.153. The highest BCUT2D eigenvalue weighted by atomic mass is 16.6. The molecule has 0 saturated carbocycles. The van der Waals surface area contributed by atoms with Gasteiger partial charge in [-0.1, -0.05) is 0 Å². The summed E-state index contributed by atoms with van der Waals surface area (Å²) >= 11 is 0. The van der Waals surface area contributed by atoms with E-state index in [1.54, 1.807) is 17.0 Å². The van der Waals surface area contributed by atoms with Crippen molar-refractivity contribution in [3.05, 3.63) is 17.8 Å². The van der Waals surface area contributed by atoms with Crippen molar-refractivity contribution < 1.29 is 19.1 Å². The fraction of sp³-hybridized carbons (Fsp3) is 0.647. The zero-order valence-corrected chi connectivity index (χ0v) is 15.0. The predicted molar refractivity (Wildman–Crippen MR) is 90.3 cm³/mol. The van der Waals surface area contributed by atoms with E-state index in [-0.39, 0.29) is 30.1 Å². The molecule has 0 unspecified atom stereocenters. The van der Waals surface area contributed by atoms with Crippen LogP contribution in [0.1, 0.15) is 36.7 Å². The van der Waals surface area contributed by atoms with Gasteiger partial charge in [0, 0.05) is 26.6 Å². The van der Waals surface area contributed by atoms with Gasteiger partial charge in [0.05, 0.1) is 19.3 Å². The molecule has 1 aromatic heterocycles. The molecule has 2 fully saturated rings. The maximum Gasteiger partial charge on any atom is 0.335 e. The van der Waals surface area contributed by atoms with Crippen LogP contribution in [0.15, 0.2) is 12.1 Å². The molecule has 4 atom stereocenters. The Labute approximate surface area is 147 Å². The molecular formula is C17H24N4O4. The van der Waals surface area contributed by atoms with Crippen LogP contribution in [0.5, 0.6) is 0 Å². The summed E-state index contributed by atoms with van der Waals surface area (Å²) in [4.78, 5) is 28.5. The number of likely N-dealkylation sites (tertiary alicyclic amines) is 1. The van der Waals surface area contributed by atoms with Crippen molar-refractivity contribution >= 4 is 17.7 Å². The Morgan fingerprint density at radius 1 is 1.28 bits per heavy atom. The summed E-state index contributed by atoms with van der Waals surface area (Å²) < 4.78 is 10.6. The molecule has 0 bridgehead atoms. The van der Waals surface area contributed by atoms with Gasteiger partial charge in [-0.25, -0.2) is 4.79 Å². The van der Waals surface area contributed by atoms with Crippen LogP contribution in [0.2, 0.25) is 0 Å². The monoisotopic (exact) mass is 348 g/mol. The number of hydrogen-bond donors (Lipinski definition) is 0. The molecule has 3 rings (SSSR count). The SMILES string of the molecule is COC(=O)[C@@H]1C[C@@H]2[C@H](CC[C@H](C)N2C(=O)c2ccc(N(C)C)nn2)O1. The molecule has 2 aliphatic heterocycles. The number of carbonyl (C=O) groups is 2. The summed E-state index contributed by atoms with van der Waals surface area (Å²) in [7, 11) is 5.08. The van der Waals surface area contributed by atoms with Crippen molar-refractivity contribution in [3.8, 4) is 0 Å². The Kier molecular flexibility index (Phi) is 4.89. The zero-order valence-electron chi connectivity index (χ0n) is 15.0. The van der Waals surface area contributed by atoms with E-state index in [2.05, 4.69) is 10.2 Å². The van der Waals surface area contributed by atoms with Gasteiger partial charge in [-0.15, -0.1) is 10.2 Å². The number of hydrogen-bond acceptors (Lipinski definition) is 7. The number of amides is 1. The minimum absolute atomic E-state index is 0.0593. The van der Waals surface area contributed by atoms with E-state index in [0.717, 1.165) is 12.8 Å². The lowest BCUT2D eigenvalue weighted by Crippen LogP contribution is -2.53. The lowest BCUT2D eigenvalue weighted by atomic mass is 9.92. The van der Waals surface area contributed by atoms with Crippen LogP contribution < -0.4 is 4.90 Å². The second kappa shape index (κ2) is 6.95. The van der Waals surface area contributed by atoms with Gasteiger partial charge in [-0.2, -0.15) is 0 Å². The van der Waals surface area contributed by atoms with E-state index >= 15 is 0 Å². The van der Waals surface area contributed by atoms with E-state index in [1.165, 1.54) is 7.11 Å². The van der Waals surface area contributed by atoms with Crippen molar-refractivity contribution in [2.75, 3.05) is 26.1 Å². The first kappa shape index (κ1) is 17.6. The number of nitrogens with zero attached hydrogens (tertiary/aromatic N) is 4. The molecule has 1 amide bonds. The summed E-state index contributed by atoms with van der Waals surface area (Å²) in [6.07, 6.45) is 1.36. The van der Waals surface area contributed by atoms with Gasteiger partial charge < -0.3 is 19.3 Å². The number of piperidine rings is 1. The molecule has 3 heterocycles. The fourth-order valence-corrected chi connectivity index (χ4v) is 3.60. The van der Waals surface area contributed by atoms with E-state index in [4.69, 9.17) is 9.47 Å². The van der Waals surface area contributed by atoms with Crippen LogP contribution in [0.25, 0.3) is 0 Å². The highest BCUT2D eigenvalue weighted by Crippen LogP contribution is 2.36. The largest absolute Gasteiger partial charge is 0.467 e. The van der Waals surface area contributed by atoms with Gasteiger partial charge in [-0.05, 0) is 31.9 Å². The summed E-state index contributed by atoms with van der Waals surface area (Å²) in [6, 6.07) is 3.38. The maximum atomic E-state index is 13.0. The van der Waals surface area contributed by atoms with Gasteiger partial charge in [0.2, 0.25) is 0 Å². The molecule has 0 spiro atoms. The Balaban J connectivity index is 1.81. The quantitative estimate of drug-likeness (QED) is 0.749. The number of carbonyl (C=O) groups excluding carboxylic acids is 2. The van der Waals surface area contributed by atoms with Gasteiger partial charge in [0.25, 0.3) is 5.91 Å². The van der Waals surface area contributed by atoms with Gasteiger partial charge >= 0.3 is 5.97 Å².